The first-order valence-electron chi connectivity index (χ1n) is 12.5. The average molecular weight is 474 g/mol. The highest BCUT2D eigenvalue weighted by Crippen LogP contribution is 2.49. The summed E-state index contributed by atoms with van der Waals surface area (Å²) in [6.45, 7) is 12.5. The Labute approximate surface area is 207 Å². The van der Waals surface area contributed by atoms with Crippen LogP contribution in [0.2, 0.25) is 0 Å². The summed E-state index contributed by atoms with van der Waals surface area (Å²) in [5.41, 5.74) is 7.73. The monoisotopic (exact) mass is 473 g/mol. The molecule has 0 spiro atoms. The molecule has 2 aromatic carbocycles. The molecule has 1 saturated heterocycles. The molecule has 1 aliphatic carbocycles. The minimum absolute atomic E-state index is 0.106. The number of aromatic nitrogens is 3. The van der Waals surface area contributed by atoms with Crippen molar-refractivity contribution in [2.24, 2.45) is 0 Å². The fourth-order valence-electron chi connectivity index (χ4n) is 5.32. The maximum Gasteiger partial charge on any atom is 0.159 e. The van der Waals surface area contributed by atoms with Gasteiger partial charge < -0.3 is 9.64 Å². The molecule has 1 aromatic heterocycles. The van der Waals surface area contributed by atoms with E-state index in [2.05, 4.69) is 77.5 Å². The van der Waals surface area contributed by atoms with Gasteiger partial charge in [-0.15, -0.1) is 5.10 Å². The standard InChI is InChI=1S/C28H35N5O2/c1-20(34)21-6-8-24-25-9-7-23(17-27(25)28(2,3)26(24)16-21)31(4)18-22-19-33(30-29-22)11-5-10-32-12-14-35-15-13-32/h6-9,16-17,19H,5,10-15,18H2,1-4H3. The number of ether oxygens (including phenoxy) is 1. The number of aryl methyl sites for hydroxylation is 1. The van der Waals surface area contributed by atoms with Crippen molar-refractivity contribution >= 4 is 11.5 Å². The second-order valence-electron chi connectivity index (χ2n) is 10.3. The van der Waals surface area contributed by atoms with Gasteiger partial charge in [0.1, 0.15) is 5.69 Å². The molecule has 1 aliphatic heterocycles. The third kappa shape index (κ3) is 4.75. The molecular weight excluding hydrogens is 438 g/mol. The van der Waals surface area contributed by atoms with Crippen molar-refractivity contribution in [1.29, 1.82) is 0 Å². The van der Waals surface area contributed by atoms with E-state index in [0.29, 0.717) is 6.54 Å². The average Bonchev–Trinajstić information content (AvgIpc) is 3.39. The molecular formula is C28H35N5O2. The predicted octanol–water partition coefficient (Wildman–Crippen LogP) is 4.15. The zero-order chi connectivity index (χ0) is 24.6. The van der Waals surface area contributed by atoms with Crippen LogP contribution in [0.25, 0.3) is 11.1 Å². The highest BCUT2D eigenvalue weighted by molar-refractivity contribution is 5.96. The number of carbonyl (C=O) groups is 1. The fourth-order valence-corrected chi connectivity index (χ4v) is 5.32. The highest BCUT2D eigenvalue weighted by atomic mass is 16.5. The number of rotatable bonds is 8. The van der Waals surface area contributed by atoms with Crippen LogP contribution in [0, 0.1) is 0 Å². The van der Waals surface area contributed by atoms with E-state index in [0.717, 1.165) is 62.8 Å². The van der Waals surface area contributed by atoms with Crippen LogP contribution in [-0.4, -0.2) is 65.6 Å². The van der Waals surface area contributed by atoms with E-state index in [1.54, 1.807) is 6.92 Å². The number of Topliss-reactive ketones (excluding diaryl/α,β-unsaturated/α-hetero) is 1. The Bertz CT molecular complexity index is 1230. The number of anilines is 1. The van der Waals surface area contributed by atoms with Gasteiger partial charge in [0.25, 0.3) is 0 Å². The van der Waals surface area contributed by atoms with Crippen LogP contribution in [0.3, 0.4) is 0 Å². The maximum absolute atomic E-state index is 12.0. The summed E-state index contributed by atoms with van der Waals surface area (Å²) in [6, 6.07) is 12.8. The van der Waals surface area contributed by atoms with E-state index >= 15 is 0 Å². The molecule has 184 valence electrons. The quantitative estimate of drug-likeness (QED) is 0.458. The van der Waals surface area contributed by atoms with Crippen molar-refractivity contribution in [1.82, 2.24) is 19.9 Å². The molecule has 0 N–H and O–H groups in total. The van der Waals surface area contributed by atoms with E-state index in [9.17, 15) is 4.79 Å². The normalized spacial score (nSPS) is 16.7. The lowest BCUT2D eigenvalue weighted by Gasteiger charge is -2.26. The van der Waals surface area contributed by atoms with E-state index < -0.39 is 0 Å². The van der Waals surface area contributed by atoms with Crippen LogP contribution >= 0.6 is 0 Å². The molecule has 7 heteroatoms. The zero-order valence-electron chi connectivity index (χ0n) is 21.3. The number of carbonyl (C=O) groups excluding carboxylic acids is 1. The van der Waals surface area contributed by atoms with E-state index in [4.69, 9.17) is 4.74 Å². The predicted molar refractivity (Wildman–Crippen MR) is 138 cm³/mol. The van der Waals surface area contributed by atoms with Crippen molar-refractivity contribution in [2.45, 2.75) is 45.7 Å². The number of ketones is 1. The van der Waals surface area contributed by atoms with Crippen LogP contribution < -0.4 is 4.90 Å². The first-order valence-corrected chi connectivity index (χ1v) is 12.5. The van der Waals surface area contributed by atoms with Crippen LogP contribution in [0.4, 0.5) is 5.69 Å². The molecule has 2 heterocycles. The van der Waals surface area contributed by atoms with Gasteiger partial charge in [-0.05, 0) is 53.8 Å². The van der Waals surface area contributed by atoms with Crippen LogP contribution in [0.1, 0.15) is 54.4 Å². The summed E-state index contributed by atoms with van der Waals surface area (Å²) in [6.07, 6.45) is 3.12. The maximum atomic E-state index is 12.0. The Balaban J connectivity index is 1.25. The third-order valence-electron chi connectivity index (χ3n) is 7.46. The summed E-state index contributed by atoms with van der Waals surface area (Å²) in [7, 11) is 2.10. The van der Waals surface area contributed by atoms with Gasteiger partial charge in [0.05, 0.1) is 26.0 Å². The van der Waals surface area contributed by atoms with E-state index in [1.165, 1.54) is 22.3 Å². The number of morpholine rings is 1. The molecule has 35 heavy (non-hydrogen) atoms. The van der Waals surface area contributed by atoms with Gasteiger partial charge in [0.2, 0.25) is 0 Å². The number of hydrogen-bond donors (Lipinski definition) is 0. The van der Waals surface area contributed by atoms with Crippen LogP contribution in [0.5, 0.6) is 0 Å². The molecule has 0 radical (unpaired) electrons. The molecule has 0 amide bonds. The summed E-state index contributed by atoms with van der Waals surface area (Å²) in [5.74, 6) is 0.106. The summed E-state index contributed by atoms with van der Waals surface area (Å²) in [5, 5.41) is 8.76. The van der Waals surface area contributed by atoms with E-state index in [-0.39, 0.29) is 11.2 Å². The Morgan fingerprint density at radius 2 is 1.77 bits per heavy atom. The minimum Gasteiger partial charge on any atom is -0.379 e. The van der Waals surface area contributed by atoms with Gasteiger partial charge in [-0.3, -0.25) is 14.4 Å². The molecule has 0 unspecified atom stereocenters. The highest BCUT2D eigenvalue weighted by Gasteiger charge is 2.36. The lowest BCUT2D eigenvalue weighted by molar-refractivity contribution is 0.0368. The Hall–Kier alpha value is -3.03. The van der Waals surface area contributed by atoms with Gasteiger partial charge in [-0.2, -0.15) is 0 Å². The van der Waals surface area contributed by atoms with Gasteiger partial charge in [0.15, 0.2) is 5.78 Å². The van der Waals surface area contributed by atoms with Crippen molar-refractivity contribution in [2.75, 3.05) is 44.8 Å². The van der Waals surface area contributed by atoms with Gasteiger partial charge >= 0.3 is 0 Å². The summed E-state index contributed by atoms with van der Waals surface area (Å²) >= 11 is 0. The summed E-state index contributed by atoms with van der Waals surface area (Å²) < 4.78 is 7.38. The molecule has 1 fully saturated rings. The molecule has 2 aliphatic rings. The molecule has 0 atom stereocenters. The van der Waals surface area contributed by atoms with Gasteiger partial charge in [-0.25, -0.2) is 0 Å². The summed E-state index contributed by atoms with van der Waals surface area (Å²) in [4.78, 5) is 16.6. The second-order valence-corrected chi connectivity index (χ2v) is 10.3. The molecule has 7 nitrogen and oxygen atoms in total. The van der Waals surface area contributed by atoms with Crippen molar-refractivity contribution in [3.05, 3.63) is 65.0 Å². The number of fused-ring (bicyclic) bond motifs is 3. The first kappa shape index (κ1) is 23.7. The fraction of sp³-hybridized carbons (Fsp3) is 0.464. The van der Waals surface area contributed by atoms with Crippen LogP contribution in [0.15, 0.2) is 42.6 Å². The second kappa shape index (κ2) is 9.55. The van der Waals surface area contributed by atoms with Gasteiger partial charge in [-0.1, -0.05) is 37.3 Å². The largest absolute Gasteiger partial charge is 0.379 e. The van der Waals surface area contributed by atoms with Crippen molar-refractivity contribution in [3.8, 4) is 11.1 Å². The third-order valence-corrected chi connectivity index (χ3v) is 7.46. The molecule has 0 saturated carbocycles. The number of benzene rings is 2. The molecule has 0 bridgehead atoms. The lowest BCUT2D eigenvalue weighted by Crippen LogP contribution is -2.37. The SMILES string of the molecule is CC(=O)c1ccc2c(c1)C(C)(C)c1cc(N(C)Cc3cn(CCCN4CCOCC4)nn3)ccc1-2. The first-order chi connectivity index (χ1) is 16.8. The number of hydrogen-bond acceptors (Lipinski definition) is 6. The lowest BCUT2D eigenvalue weighted by atomic mass is 9.81. The Morgan fingerprint density at radius 3 is 2.51 bits per heavy atom. The minimum atomic E-state index is -0.156. The van der Waals surface area contributed by atoms with Gasteiger partial charge in [0, 0.05) is 49.9 Å². The Kier molecular flexibility index (Phi) is 6.47. The topological polar surface area (TPSA) is 63.5 Å². The molecule has 3 aromatic rings. The smallest absolute Gasteiger partial charge is 0.159 e. The van der Waals surface area contributed by atoms with Crippen molar-refractivity contribution < 1.29 is 9.53 Å². The van der Waals surface area contributed by atoms with Crippen molar-refractivity contribution in [3.63, 3.8) is 0 Å². The Morgan fingerprint density at radius 1 is 1.06 bits per heavy atom. The van der Waals surface area contributed by atoms with E-state index in [1.807, 2.05) is 10.7 Å². The molecule has 5 rings (SSSR count). The number of nitrogens with zero attached hydrogens (tertiary/aromatic N) is 5. The van der Waals surface area contributed by atoms with Crippen LogP contribution in [-0.2, 0) is 23.2 Å². The zero-order valence-corrected chi connectivity index (χ0v) is 21.3.